The minimum Gasteiger partial charge on any atom is -0.508 e. The van der Waals surface area contributed by atoms with Gasteiger partial charge in [0, 0.05) is 17.2 Å². The maximum absolute atomic E-state index is 10.1. The van der Waals surface area contributed by atoms with Gasteiger partial charge >= 0.3 is 0 Å². The summed E-state index contributed by atoms with van der Waals surface area (Å²) >= 11 is 0. The van der Waals surface area contributed by atoms with Gasteiger partial charge < -0.3 is 20.1 Å². The molecule has 6 heteroatoms. The maximum atomic E-state index is 10.1. The largest absolute Gasteiger partial charge is 0.508 e. The Morgan fingerprint density at radius 1 is 1.25 bits per heavy atom. The molecule has 2 aromatic rings. The van der Waals surface area contributed by atoms with Gasteiger partial charge in [-0.2, -0.15) is 5.10 Å². The monoisotopic (exact) mass is 432 g/mol. The first-order valence-corrected chi connectivity index (χ1v) is 11.4. The lowest BCUT2D eigenvalue weighted by Gasteiger charge is -2.46. The van der Waals surface area contributed by atoms with E-state index in [0.29, 0.717) is 5.57 Å². The van der Waals surface area contributed by atoms with Crippen LogP contribution in [0.3, 0.4) is 0 Å². The lowest BCUT2D eigenvalue weighted by atomic mass is 9.82. The number of ether oxygens (including phenoxy) is 1. The van der Waals surface area contributed by atoms with Crippen LogP contribution in [0.25, 0.3) is 16.6 Å². The first-order valence-electron chi connectivity index (χ1n) is 11.4. The van der Waals surface area contributed by atoms with Gasteiger partial charge in [0.1, 0.15) is 23.1 Å². The number of aliphatic hydroxyl groups is 1. The van der Waals surface area contributed by atoms with E-state index in [1.807, 2.05) is 18.3 Å². The summed E-state index contributed by atoms with van der Waals surface area (Å²) in [7, 11) is 0. The summed E-state index contributed by atoms with van der Waals surface area (Å²) in [6, 6.07) is 6.36. The molecule has 0 saturated carbocycles. The van der Waals surface area contributed by atoms with Crippen LogP contribution >= 0.6 is 0 Å². The molecule has 0 amide bonds. The van der Waals surface area contributed by atoms with Gasteiger partial charge in [-0.25, -0.2) is 0 Å². The number of allylic oxidation sites excluding steroid dienone is 2. The van der Waals surface area contributed by atoms with Crippen LogP contribution in [0.15, 0.2) is 60.5 Å². The number of aliphatic hydroxyl groups excluding tert-OH is 1. The van der Waals surface area contributed by atoms with Gasteiger partial charge in [-0.3, -0.25) is 4.68 Å². The number of piperidine rings is 1. The minimum atomic E-state index is -0.0135. The third-order valence-corrected chi connectivity index (χ3v) is 6.75. The van der Waals surface area contributed by atoms with Gasteiger partial charge in [-0.15, -0.1) is 0 Å². The van der Waals surface area contributed by atoms with Crippen molar-refractivity contribution in [3.8, 4) is 5.75 Å². The summed E-state index contributed by atoms with van der Waals surface area (Å²) in [6.07, 6.45) is 6.27. The van der Waals surface area contributed by atoms with E-state index in [9.17, 15) is 5.11 Å². The average Bonchev–Trinajstić information content (AvgIpc) is 3.12. The van der Waals surface area contributed by atoms with E-state index < -0.39 is 0 Å². The van der Waals surface area contributed by atoms with Gasteiger partial charge in [-0.1, -0.05) is 46.1 Å². The predicted molar refractivity (Wildman–Crippen MR) is 128 cm³/mol. The number of fused-ring (bicyclic) bond motifs is 5. The van der Waals surface area contributed by atoms with Crippen molar-refractivity contribution in [1.82, 2.24) is 20.0 Å². The molecule has 3 aliphatic heterocycles. The van der Waals surface area contributed by atoms with Crippen molar-refractivity contribution in [2.45, 2.75) is 52.3 Å². The number of rotatable bonds is 3. The molecule has 32 heavy (non-hydrogen) atoms. The van der Waals surface area contributed by atoms with E-state index in [2.05, 4.69) is 61.0 Å². The molecule has 1 saturated heterocycles. The maximum Gasteiger partial charge on any atom is 0.147 e. The standard InChI is InChI=1S/C26H32N4O2/c1-16-13-21-25-19-7-6-8-22(32-18-9-11-27-12-10-18)24(19)28-30(25)15-23(26(3,4)5)29(21)14-20(16)17(2)31/h6-8,13-14,18,23,27,31H,1-2,9-12,15H2,3-5H3. The molecule has 0 aliphatic carbocycles. The lowest BCUT2D eigenvalue weighted by Crippen LogP contribution is -2.47. The highest BCUT2D eigenvalue weighted by Gasteiger charge is 2.40. The third-order valence-electron chi connectivity index (χ3n) is 6.75. The van der Waals surface area contributed by atoms with Crippen LogP contribution in [0.4, 0.5) is 0 Å². The van der Waals surface area contributed by atoms with E-state index >= 15 is 0 Å². The smallest absolute Gasteiger partial charge is 0.147 e. The van der Waals surface area contributed by atoms with Crippen molar-refractivity contribution in [1.29, 1.82) is 0 Å². The van der Waals surface area contributed by atoms with Crippen LogP contribution < -0.4 is 10.1 Å². The van der Waals surface area contributed by atoms with E-state index in [1.54, 1.807) is 0 Å². The van der Waals surface area contributed by atoms with Crippen LogP contribution in [0.1, 0.15) is 39.3 Å². The molecule has 4 heterocycles. The second-order valence-corrected chi connectivity index (χ2v) is 10.1. The normalized spacial score (nSPS) is 21.7. The van der Waals surface area contributed by atoms with Crippen molar-refractivity contribution in [3.05, 3.63) is 66.2 Å². The van der Waals surface area contributed by atoms with Crippen LogP contribution in [0, 0.1) is 5.41 Å². The van der Waals surface area contributed by atoms with Gasteiger partial charge in [0.25, 0.3) is 0 Å². The Bertz CT molecular complexity index is 1160. The van der Waals surface area contributed by atoms with Crippen LogP contribution in [0.5, 0.6) is 5.75 Å². The zero-order valence-corrected chi connectivity index (χ0v) is 19.2. The topological polar surface area (TPSA) is 62.6 Å². The second-order valence-electron chi connectivity index (χ2n) is 10.1. The van der Waals surface area contributed by atoms with E-state index in [0.717, 1.165) is 66.1 Å². The molecule has 168 valence electrons. The Balaban J connectivity index is 1.64. The van der Waals surface area contributed by atoms with Gasteiger partial charge in [-0.05, 0) is 49.1 Å². The zero-order valence-electron chi connectivity index (χ0n) is 19.2. The molecule has 2 N–H and O–H groups in total. The molecule has 0 bridgehead atoms. The van der Waals surface area contributed by atoms with Crippen molar-refractivity contribution in [2.75, 3.05) is 13.1 Å². The molecule has 6 nitrogen and oxygen atoms in total. The fourth-order valence-corrected chi connectivity index (χ4v) is 4.98. The Kier molecular flexibility index (Phi) is 4.93. The number of benzene rings is 1. The molecular formula is C26H32N4O2. The fraction of sp³-hybridized carbons (Fsp3) is 0.423. The summed E-state index contributed by atoms with van der Waals surface area (Å²) < 4.78 is 8.55. The number of hydrogen-bond donors (Lipinski definition) is 2. The third kappa shape index (κ3) is 3.43. The summed E-state index contributed by atoms with van der Waals surface area (Å²) in [5.41, 5.74) is 4.43. The van der Waals surface area contributed by atoms with Gasteiger partial charge in [0.2, 0.25) is 0 Å². The molecule has 5 rings (SSSR count). The van der Waals surface area contributed by atoms with Crippen molar-refractivity contribution >= 4 is 16.6 Å². The second kappa shape index (κ2) is 7.55. The summed E-state index contributed by atoms with van der Waals surface area (Å²) in [5, 5.41) is 19.6. The predicted octanol–water partition coefficient (Wildman–Crippen LogP) is 4.76. The van der Waals surface area contributed by atoms with Gasteiger partial charge in [0.15, 0.2) is 0 Å². The first kappa shape index (κ1) is 20.9. The highest BCUT2D eigenvalue weighted by molar-refractivity contribution is 5.95. The summed E-state index contributed by atoms with van der Waals surface area (Å²) in [5.74, 6) is 0.893. The number of aromatic nitrogens is 2. The highest BCUT2D eigenvalue weighted by Crippen LogP contribution is 2.44. The molecule has 0 radical (unpaired) electrons. The quantitative estimate of drug-likeness (QED) is 0.685. The van der Waals surface area contributed by atoms with Crippen molar-refractivity contribution in [2.24, 2.45) is 5.41 Å². The molecule has 1 aromatic carbocycles. The Morgan fingerprint density at radius 3 is 2.69 bits per heavy atom. The van der Waals surface area contributed by atoms with Crippen LogP contribution in [-0.4, -0.2) is 45.0 Å². The molecule has 1 fully saturated rings. The van der Waals surface area contributed by atoms with E-state index in [-0.39, 0.29) is 23.3 Å². The average molecular weight is 433 g/mol. The Morgan fingerprint density at radius 2 is 2.00 bits per heavy atom. The molecule has 1 aromatic heterocycles. The van der Waals surface area contributed by atoms with Crippen molar-refractivity contribution in [3.63, 3.8) is 0 Å². The summed E-state index contributed by atoms with van der Waals surface area (Å²) in [6.45, 7) is 17.3. The van der Waals surface area contributed by atoms with E-state index in [1.165, 1.54) is 0 Å². The van der Waals surface area contributed by atoms with Crippen molar-refractivity contribution < 1.29 is 9.84 Å². The Labute approximate surface area is 189 Å². The number of nitrogens with one attached hydrogen (secondary N) is 1. The minimum absolute atomic E-state index is 0.0135. The molecule has 1 unspecified atom stereocenters. The summed E-state index contributed by atoms with van der Waals surface area (Å²) in [4.78, 5) is 2.27. The molecule has 0 spiro atoms. The van der Waals surface area contributed by atoms with Crippen LogP contribution in [0.2, 0.25) is 0 Å². The zero-order chi connectivity index (χ0) is 22.6. The number of hydrogen-bond acceptors (Lipinski definition) is 5. The Hall–Kier alpha value is -2.99. The lowest BCUT2D eigenvalue weighted by molar-refractivity contribution is 0.155. The SMILES string of the molecule is C=C(O)C1=CN2C(=CC1=C)c1c3cccc(OC4CCNCC4)c3nn1CC2C(C)(C)C. The highest BCUT2D eigenvalue weighted by atomic mass is 16.5. The van der Waals surface area contributed by atoms with Crippen LogP contribution in [-0.2, 0) is 6.54 Å². The number of nitrogens with zero attached hydrogens (tertiary/aromatic N) is 3. The first-order chi connectivity index (χ1) is 15.2. The fourth-order valence-electron chi connectivity index (χ4n) is 4.98. The molecule has 3 aliphatic rings. The molecular weight excluding hydrogens is 400 g/mol. The van der Waals surface area contributed by atoms with E-state index in [4.69, 9.17) is 9.84 Å². The molecule has 1 atom stereocenters. The van der Waals surface area contributed by atoms with Gasteiger partial charge in [0.05, 0.1) is 24.0 Å².